The van der Waals surface area contributed by atoms with Gasteiger partial charge in [0.1, 0.15) is 0 Å². The summed E-state index contributed by atoms with van der Waals surface area (Å²) in [5.74, 6) is -34.0. The van der Waals surface area contributed by atoms with Gasteiger partial charge < -0.3 is 0 Å². The average molecular weight is 521 g/mol. The van der Waals surface area contributed by atoms with E-state index in [-0.39, 0.29) is 0 Å². The summed E-state index contributed by atoms with van der Waals surface area (Å²) in [6.07, 6.45) is -8.81. The molecule has 0 rings (SSSR count). The Bertz CT molecular complexity index is 834. The monoisotopic (exact) mass is 521 g/mol. The van der Waals surface area contributed by atoms with Crippen LogP contribution in [0.5, 0.6) is 0 Å². The number of hydrogen-bond acceptors (Lipinski definition) is 4. The van der Waals surface area contributed by atoms with E-state index in [2.05, 4.69) is 0 Å². The zero-order valence-corrected chi connectivity index (χ0v) is 15.1. The first-order chi connectivity index (χ1) is 12.7. The first-order valence-corrected chi connectivity index (χ1v) is 9.70. The lowest BCUT2D eigenvalue weighted by Gasteiger charge is -2.39. The number of hydrogen-bond donors (Lipinski definition) is 2. The molecule has 0 fully saturated rings. The van der Waals surface area contributed by atoms with Gasteiger partial charge in [-0.1, -0.05) is 0 Å². The maximum Gasteiger partial charge on any atom is 0.460 e. The van der Waals surface area contributed by atoms with Gasteiger partial charge in [-0.15, -0.1) is 0 Å². The fourth-order valence-electron chi connectivity index (χ4n) is 1.48. The molecule has 0 spiro atoms. The van der Waals surface area contributed by atoms with Gasteiger partial charge in [0.05, 0.1) is 5.75 Å². The maximum absolute atomic E-state index is 13.4. The topological polar surface area (TPSA) is 101 Å². The smallest absolute Gasteiger partial charge is 0.286 e. The van der Waals surface area contributed by atoms with E-state index < -0.39 is 74.0 Å². The van der Waals surface area contributed by atoms with Gasteiger partial charge in [-0.25, -0.2) is 13.1 Å². The molecule has 0 unspecified atom stereocenters. The molecule has 0 aliphatic carbocycles. The molecular formula is C9H8F13NO5S2. The third-order valence-corrected chi connectivity index (χ3v) is 5.43. The van der Waals surface area contributed by atoms with E-state index in [1.54, 1.807) is 0 Å². The van der Waals surface area contributed by atoms with Crippen molar-refractivity contribution in [1.82, 2.24) is 4.72 Å². The predicted molar refractivity (Wildman–Crippen MR) is 68.7 cm³/mol. The highest BCUT2D eigenvalue weighted by Gasteiger charge is 2.92. The highest BCUT2D eigenvalue weighted by Crippen LogP contribution is 2.60. The van der Waals surface area contributed by atoms with Gasteiger partial charge >= 0.3 is 35.1 Å². The molecule has 30 heavy (non-hydrogen) atoms. The Hall–Kier alpha value is -1.09. The summed E-state index contributed by atoms with van der Waals surface area (Å²) in [6.45, 7) is -1.62. The molecule has 0 atom stereocenters. The first-order valence-electron chi connectivity index (χ1n) is 6.61. The number of rotatable bonds is 10. The molecule has 0 aromatic rings. The Morgan fingerprint density at radius 2 is 1.00 bits per heavy atom. The molecule has 21 heteroatoms. The van der Waals surface area contributed by atoms with Crippen LogP contribution in [0.15, 0.2) is 0 Å². The number of nitrogens with one attached hydrogen (secondary N) is 1. The van der Waals surface area contributed by atoms with Gasteiger partial charge in [0.15, 0.2) is 0 Å². The van der Waals surface area contributed by atoms with Crippen molar-refractivity contribution in [2.75, 3.05) is 12.3 Å². The van der Waals surface area contributed by atoms with Crippen LogP contribution in [0.2, 0.25) is 0 Å². The van der Waals surface area contributed by atoms with Crippen molar-refractivity contribution in [3.63, 3.8) is 0 Å². The normalized spacial score (nSPS) is 16.1. The lowest BCUT2D eigenvalue weighted by atomic mass is 9.98. The van der Waals surface area contributed by atoms with Crippen LogP contribution in [0.1, 0.15) is 6.42 Å². The Balaban J connectivity index is 6.12. The van der Waals surface area contributed by atoms with Crippen LogP contribution >= 0.6 is 0 Å². The number of halogens is 13. The summed E-state index contributed by atoms with van der Waals surface area (Å²) in [6, 6.07) is 0. The molecule has 0 radical (unpaired) electrons. The van der Waals surface area contributed by atoms with Gasteiger partial charge in [0.25, 0.3) is 20.1 Å². The van der Waals surface area contributed by atoms with Gasteiger partial charge in [-0.2, -0.15) is 65.5 Å². The fraction of sp³-hybridized carbons (Fsp3) is 1.00. The molecule has 6 nitrogen and oxygen atoms in total. The second-order valence-corrected chi connectivity index (χ2v) is 8.73. The van der Waals surface area contributed by atoms with Crippen molar-refractivity contribution in [2.45, 2.75) is 41.5 Å². The van der Waals surface area contributed by atoms with E-state index in [0.29, 0.717) is 4.72 Å². The van der Waals surface area contributed by atoms with Crippen molar-refractivity contribution in [1.29, 1.82) is 0 Å². The van der Waals surface area contributed by atoms with E-state index in [0.717, 1.165) is 0 Å². The standard InChI is InChI=1S/C9H8F13NO5S2/c10-4(11,6(14,15)8(18,19)20)5(12,13)7(16,17)9(21,22)30(27,28)23-2-1-3-29(24,25)26/h23H,1-3H2,(H,24,25,26). The Kier molecular flexibility index (Phi) is 7.51. The molecule has 0 aromatic heterocycles. The van der Waals surface area contributed by atoms with E-state index in [9.17, 15) is 73.9 Å². The molecule has 0 aliphatic rings. The molecule has 0 aromatic carbocycles. The van der Waals surface area contributed by atoms with Crippen molar-refractivity contribution < 1.29 is 78.5 Å². The van der Waals surface area contributed by atoms with Crippen LogP contribution in [0.25, 0.3) is 0 Å². The van der Waals surface area contributed by atoms with Crippen molar-refractivity contribution in [3.05, 3.63) is 0 Å². The minimum absolute atomic E-state index is 0.349. The second-order valence-electron chi connectivity index (χ2n) is 5.35. The third-order valence-electron chi connectivity index (χ3n) is 3.11. The highest BCUT2D eigenvalue weighted by molar-refractivity contribution is 7.90. The molecule has 0 saturated heterocycles. The summed E-state index contributed by atoms with van der Waals surface area (Å²) < 4.78 is 218. The molecule has 0 heterocycles. The van der Waals surface area contributed by atoms with Crippen LogP contribution < -0.4 is 4.72 Å². The maximum atomic E-state index is 13.4. The molecule has 0 aliphatic heterocycles. The summed E-state index contributed by atoms with van der Waals surface area (Å²) in [7, 11) is -12.1. The zero-order valence-electron chi connectivity index (χ0n) is 13.4. The SMILES string of the molecule is O=S(=O)(O)CCCNS(=O)(=O)C(F)(F)C(F)(F)C(F)(F)C(F)(F)C(F)(F)C(F)(F)F. The zero-order chi connectivity index (χ0) is 24.8. The third kappa shape index (κ3) is 4.71. The molecular weight excluding hydrogens is 513 g/mol. The van der Waals surface area contributed by atoms with Gasteiger partial charge in [-0.05, 0) is 6.42 Å². The van der Waals surface area contributed by atoms with Crippen molar-refractivity contribution >= 4 is 20.1 Å². The molecule has 182 valence electrons. The second kappa shape index (κ2) is 7.80. The predicted octanol–water partition coefficient (Wildman–Crippen LogP) is 2.88. The van der Waals surface area contributed by atoms with Crippen LogP contribution in [-0.2, 0) is 20.1 Å². The average Bonchev–Trinajstić information content (AvgIpc) is 2.48. The summed E-state index contributed by atoms with van der Waals surface area (Å²) >= 11 is 0. The van der Waals surface area contributed by atoms with E-state index >= 15 is 0 Å². The van der Waals surface area contributed by atoms with Gasteiger partial charge in [0, 0.05) is 6.54 Å². The number of alkyl halides is 13. The van der Waals surface area contributed by atoms with Crippen LogP contribution in [0.4, 0.5) is 57.1 Å². The largest absolute Gasteiger partial charge is 0.460 e. The van der Waals surface area contributed by atoms with Gasteiger partial charge in [0.2, 0.25) is 0 Å². The Morgan fingerprint density at radius 1 is 0.633 bits per heavy atom. The lowest BCUT2D eigenvalue weighted by Crippen LogP contribution is -2.71. The lowest BCUT2D eigenvalue weighted by molar-refractivity contribution is -0.433. The van der Waals surface area contributed by atoms with E-state index in [1.165, 1.54) is 0 Å². The minimum Gasteiger partial charge on any atom is -0.286 e. The number of sulfonamides is 1. The quantitative estimate of drug-likeness (QED) is 0.262. The summed E-state index contributed by atoms with van der Waals surface area (Å²) in [4.78, 5) is 0. The summed E-state index contributed by atoms with van der Waals surface area (Å²) in [5.41, 5.74) is 0. The Labute approximate surface area is 158 Å². The Morgan fingerprint density at radius 3 is 1.33 bits per heavy atom. The van der Waals surface area contributed by atoms with Crippen LogP contribution in [0, 0.1) is 0 Å². The fourth-order valence-corrected chi connectivity index (χ4v) is 3.04. The first kappa shape index (κ1) is 28.9. The van der Waals surface area contributed by atoms with E-state index in [4.69, 9.17) is 4.55 Å². The molecule has 0 amide bonds. The van der Waals surface area contributed by atoms with Gasteiger partial charge in [-0.3, -0.25) is 4.55 Å². The summed E-state index contributed by atoms with van der Waals surface area (Å²) in [5, 5.41) is -7.41. The molecule has 2 N–H and O–H groups in total. The van der Waals surface area contributed by atoms with Crippen molar-refractivity contribution in [2.24, 2.45) is 0 Å². The molecule has 0 saturated carbocycles. The van der Waals surface area contributed by atoms with Crippen molar-refractivity contribution in [3.8, 4) is 0 Å². The molecule has 0 bridgehead atoms. The van der Waals surface area contributed by atoms with Crippen LogP contribution in [0.3, 0.4) is 0 Å². The van der Waals surface area contributed by atoms with E-state index in [1.807, 2.05) is 0 Å². The van der Waals surface area contributed by atoms with Crippen LogP contribution in [-0.4, -0.2) is 68.8 Å². The minimum atomic E-state index is -8.29. The highest BCUT2D eigenvalue weighted by atomic mass is 32.2.